The molecule has 1 amide bonds. The molecule has 4 rings (SSSR count). The smallest absolute Gasteiger partial charge is 0.436 e. The third-order valence-corrected chi connectivity index (χ3v) is 6.40. The van der Waals surface area contributed by atoms with Gasteiger partial charge in [-0.1, -0.05) is 22.6 Å². The Morgan fingerprint density at radius 2 is 1.75 bits per heavy atom. The van der Waals surface area contributed by atoms with Crippen molar-refractivity contribution < 1.29 is 33.5 Å². The molecule has 0 bridgehead atoms. The normalized spacial score (nSPS) is 11.3. The molecule has 0 aliphatic heterocycles. The van der Waals surface area contributed by atoms with Crippen LogP contribution >= 0.6 is 11.3 Å². The van der Waals surface area contributed by atoms with Crippen LogP contribution in [0.5, 0.6) is 17.2 Å². The van der Waals surface area contributed by atoms with Crippen LogP contribution in [-0.2, 0) is 4.84 Å². The largest absolute Gasteiger partial charge is 0.493 e. The Morgan fingerprint density at radius 3 is 2.33 bits per heavy atom. The third kappa shape index (κ3) is 6.02. The number of hydrogen-bond donors (Lipinski definition) is 3. The van der Waals surface area contributed by atoms with E-state index in [4.69, 9.17) is 29.3 Å². The molecule has 0 fully saturated rings. The number of nitrogens with zero attached hydrogens (tertiary/aromatic N) is 4. The van der Waals surface area contributed by atoms with E-state index in [1.807, 2.05) is 6.92 Å². The molecule has 4 N–H and O–H groups in total. The first kappa shape index (κ1) is 28.4. The molecule has 2 aromatic heterocycles. The number of aromatic nitrogens is 3. The van der Waals surface area contributed by atoms with E-state index < -0.39 is 11.7 Å². The van der Waals surface area contributed by atoms with E-state index in [1.165, 1.54) is 32.7 Å². The van der Waals surface area contributed by atoms with Gasteiger partial charge in [-0.15, -0.1) is 0 Å². The number of benzene rings is 2. The van der Waals surface area contributed by atoms with Crippen molar-refractivity contribution in [2.45, 2.75) is 33.3 Å². The number of anilines is 4. The van der Waals surface area contributed by atoms with Gasteiger partial charge in [-0.25, -0.2) is 9.78 Å². The number of methoxy groups -OCH3 is 3. The van der Waals surface area contributed by atoms with Crippen molar-refractivity contribution in [2.24, 2.45) is 0 Å². The standard InChI is InChI=1S/C26H30N6O7S/c1-13-8-9-15(32(25(33)34)39-26(2,3)4)12-16(13)22-30-23(38-31-22)20-21(27)29-24(40-20)28-14-10-17(35-5)19(37-7)18(11-14)36-6/h8-12H,27H2,1-7H3,(H,28,29)(H,33,34). The number of hydroxylamine groups is 1. The van der Waals surface area contributed by atoms with E-state index in [0.717, 1.165) is 10.6 Å². The minimum atomic E-state index is -1.26. The number of amides is 1. The van der Waals surface area contributed by atoms with Crippen molar-refractivity contribution >= 4 is 39.8 Å². The van der Waals surface area contributed by atoms with Crippen molar-refractivity contribution in [2.75, 3.05) is 37.4 Å². The Bertz CT molecular complexity index is 1500. The highest BCUT2D eigenvalue weighted by Gasteiger charge is 2.25. The molecule has 0 atom stereocenters. The van der Waals surface area contributed by atoms with Crippen molar-refractivity contribution in [3.8, 4) is 39.4 Å². The fraction of sp³-hybridized carbons (Fsp3) is 0.308. The molecular formula is C26H30N6O7S. The molecule has 2 aromatic carbocycles. The molecule has 2 heterocycles. The summed E-state index contributed by atoms with van der Waals surface area (Å²) in [7, 11) is 4.59. The average Bonchev–Trinajstić information content (AvgIpc) is 3.52. The monoisotopic (exact) mass is 570 g/mol. The highest BCUT2D eigenvalue weighted by molar-refractivity contribution is 7.19. The van der Waals surface area contributed by atoms with E-state index >= 15 is 0 Å². The molecule has 13 nitrogen and oxygen atoms in total. The van der Waals surface area contributed by atoms with Gasteiger partial charge < -0.3 is 34.9 Å². The van der Waals surface area contributed by atoms with Crippen LogP contribution in [0.15, 0.2) is 34.9 Å². The van der Waals surface area contributed by atoms with Crippen molar-refractivity contribution in [3.63, 3.8) is 0 Å². The molecule has 4 aromatic rings. The highest BCUT2D eigenvalue weighted by atomic mass is 32.1. The summed E-state index contributed by atoms with van der Waals surface area (Å²) in [4.78, 5) is 26.9. The number of carbonyl (C=O) groups is 1. The summed E-state index contributed by atoms with van der Waals surface area (Å²) >= 11 is 1.21. The number of rotatable bonds is 9. The molecule has 212 valence electrons. The van der Waals surface area contributed by atoms with E-state index in [0.29, 0.717) is 44.2 Å². The minimum Gasteiger partial charge on any atom is -0.493 e. The van der Waals surface area contributed by atoms with Crippen LogP contribution < -0.4 is 30.3 Å². The minimum absolute atomic E-state index is 0.161. The van der Waals surface area contributed by atoms with E-state index in [9.17, 15) is 9.90 Å². The highest BCUT2D eigenvalue weighted by Crippen LogP contribution is 2.42. The number of nitrogens with two attached hydrogens (primary N) is 1. The molecule has 0 unspecified atom stereocenters. The number of nitrogen functional groups attached to an aromatic ring is 1. The fourth-order valence-electron chi connectivity index (χ4n) is 3.69. The maximum absolute atomic E-state index is 11.9. The number of ether oxygens (including phenoxy) is 3. The van der Waals surface area contributed by atoms with Gasteiger partial charge in [0.2, 0.25) is 11.6 Å². The average molecular weight is 571 g/mol. The Labute approximate surface area is 234 Å². The van der Waals surface area contributed by atoms with Crippen molar-refractivity contribution in [3.05, 3.63) is 35.9 Å². The Morgan fingerprint density at radius 1 is 1.07 bits per heavy atom. The molecule has 14 heteroatoms. The van der Waals surface area contributed by atoms with Crippen LogP contribution in [0, 0.1) is 6.92 Å². The summed E-state index contributed by atoms with van der Waals surface area (Å²) in [6, 6.07) is 8.49. The van der Waals surface area contributed by atoms with Crippen LogP contribution in [0.2, 0.25) is 0 Å². The molecular weight excluding hydrogens is 540 g/mol. The quantitative estimate of drug-likeness (QED) is 0.209. The third-order valence-electron chi connectivity index (χ3n) is 5.43. The first-order valence-electron chi connectivity index (χ1n) is 11.9. The molecule has 40 heavy (non-hydrogen) atoms. The van der Waals surface area contributed by atoms with Gasteiger partial charge in [0.05, 0.1) is 32.6 Å². The Hall–Kier alpha value is -4.56. The maximum atomic E-state index is 11.9. The van der Waals surface area contributed by atoms with Gasteiger partial charge in [0.25, 0.3) is 5.89 Å². The lowest BCUT2D eigenvalue weighted by molar-refractivity contribution is -0.0156. The van der Waals surface area contributed by atoms with Gasteiger partial charge in [-0.3, -0.25) is 4.84 Å². The van der Waals surface area contributed by atoms with Crippen LogP contribution in [0.25, 0.3) is 22.2 Å². The summed E-state index contributed by atoms with van der Waals surface area (Å²) in [5.41, 5.74) is 7.75. The first-order valence-corrected chi connectivity index (χ1v) is 12.8. The Balaban J connectivity index is 1.63. The SMILES string of the molecule is COc1cc(Nc2nc(N)c(-c3nc(-c4cc(N(OC(C)(C)C)C(=O)O)ccc4C)no3)s2)cc(OC)c1OC. The summed E-state index contributed by atoms with van der Waals surface area (Å²) in [6.45, 7) is 7.13. The predicted molar refractivity (Wildman–Crippen MR) is 151 cm³/mol. The van der Waals surface area contributed by atoms with Crippen LogP contribution in [0.3, 0.4) is 0 Å². The summed E-state index contributed by atoms with van der Waals surface area (Å²) in [6.07, 6.45) is -1.26. The van der Waals surface area contributed by atoms with Crippen LogP contribution in [-0.4, -0.2) is 53.3 Å². The molecule has 0 saturated carbocycles. The van der Waals surface area contributed by atoms with E-state index in [-0.39, 0.29) is 17.5 Å². The van der Waals surface area contributed by atoms with Gasteiger partial charge in [0.1, 0.15) is 10.7 Å². The van der Waals surface area contributed by atoms with Gasteiger partial charge >= 0.3 is 6.09 Å². The predicted octanol–water partition coefficient (Wildman–Crippen LogP) is 5.73. The van der Waals surface area contributed by atoms with E-state index in [1.54, 1.807) is 51.1 Å². The van der Waals surface area contributed by atoms with Crippen LogP contribution in [0.1, 0.15) is 26.3 Å². The summed E-state index contributed by atoms with van der Waals surface area (Å²) in [5.74, 6) is 2.02. The number of aryl methyl sites for hydroxylation is 1. The van der Waals surface area contributed by atoms with Gasteiger partial charge in [0.15, 0.2) is 16.6 Å². The zero-order valence-electron chi connectivity index (χ0n) is 23.1. The second-order valence-electron chi connectivity index (χ2n) is 9.48. The number of thiazole rings is 1. The fourth-order valence-corrected chi connectivity index (χ4v) is 4.52. The second kappa shape index (κ2) is 11.3. The lowest BCUT2D eigenvalue weighted by Gasteiger charge is -2.27. The lowest BCUT2D eigenvalue weighted by atomic mass is 10.1. The zero-order valence-corrected chi connectivity index (χ0v) is 23.9. The van der Waals surface area contributed by atoms with Gasteiger partial charge in [-0.2, -0.15) is 10.0 Å². The molecule has 0 radical (unpaired) electrons. The number of hydrogen-bond acceptors (Lipinski definition) is 12. The Kier molecular flexibility index (Phi) is 8.02. The zero-order chi connectivity index (χ0) is 29.2. The second-order valence-corrected chi connectivity index (χ2v) is 10.5. The summed E-state index contributed by atoms with van der Waals surface area (Å²) < 4.78 is 21.7. The van der Waals surface area contributed by atoms with E-state index in [2.05, 4.69) is 20.4 Å². The maximum Gasteiger partial charge on any atom is 0.436 e. The van der Waals surface area contributed by atoms with Crippen LogP contribution in [0.4, 0.5) is 27.1 Å². The number of nitrogens with one attached hydrogen (secondary N) is 1. The topological polar surface area (TPSA) is 167 Å². The van der Waals surface area contributed by atoms with Crippen molar-refractivity contribution in [1.82, 2.24) is 15.1 Å². The number of carboxylic acid groups (broad SMARTS) is 1. The van der Waals surface area contributed by atoms with Crippen molar-refractivity contribution in [1.29, 1.82) is 0 Å². The molecule has 0 aliphatic carbocycles. The summed E-state index contributed by atoms with van der Waals surface area (Å²) in [5, 5.41) is 18.3. The van der Waals surface area contributed by atoms with Gasteiger partial charge in [-0.05, 0) is 45.4 Å². The molecule has 0 saturated heterocycles. The molecule has 0 aliphatic rings. The lowest BCUT2D eigenvalue weighted by Crippen LogP contribution is -2.37. The molecule has 0 spiro atoms. The first-order chi connectivity index (χ1) is 18.9. The van der Waals surface area contributed by atoms with Gasteiger partial charge in [0, 0.05) is 23.4 Å².